The largest absolute Gasteiger partial charge is 0.489 e. The summed E-state index contributed by atoms with van der Waals surface area (Å²) in [6.07, 6.45) is 3.23. The number of hydrogen-bond donors (Lipinski definition) is 1. The Morgan fingerprint density at radius 3 is 2.70 bits per heavy atom. The molecule has 6 nitrogen and oxygen atoms in total. The second-order valence-electron chi connectivity index (χ2n) is 7.56. The van der Waals surface area contributed by atoms with Crippen LogP contribution >= 0.6 is 0 Å². The first-order valence-corrected chi connectivity index (χ1v) is 10.3. The molecule has 0 aromatic heterocycles. The molecular weight excluding hydrogens is 380 g/mol. The molecule has 2 aromatic carbocycles. The van der Waals surface area contributed by atoms with Crippen LogP contribution in [0.3, 0.4) is 0 Å². The Morgan fingerprint density at radius 2 is 2.03 bits per heavy atom. The van der Waals surface area contributed by atoms with E-state index in [1.807, 2.05) is 18.2 Å². The van der Waals surface area contributed by atoms with E-state index in [2.05, 4.69) is 13.0 Å². The third-order valence-electron chi connectivity index (χ3n) is 5.42. The highest BCUT2D eigenvalue weighted by Gasteiger charge is 2.31. The molecule has 0 aliphatic carbocycles. The summed E-state index contributed by atoms with van der Waals surface area (Å²) in [6.45, 7) is 2.96. The Hall–Kier alpha value is -3.33. The Bertz CT molecular complexity index is 947. The summed E-state index contributed by atoms with van der Waals surface area (Å²) in [5.41, 5.74) is 3.12. The van der Waals surface area contributed by atoms with Crippen LogP contribution in [-0.4, -0.2) is 34.5 Å². The number of fused-ring (bicyclic) bond motifs is 1. The Balaban J connectivity index is 1.69. The van der Waals surface area contributed by atoms with Crippen molar-refractivity contribution in [2.75, 3.05) is 6.54 Å². The van der Waals surface area contributed by atoms with Crippen molar-refractivity contribution in [2.45, 2.75) is 51.7 Å². The average molecular weight is 406 g/mol. The van der Waals surface area contributed by atoms with Gasteiger partial charge >= 0.3 is 5.97 Å². The number of ether oxygens (including phenoxy) is 1. The van der Waals surface area contributed by atoms with Crippen LogP contribution in [0.2, 0.25) is 0 Å². The molecule has 2 aromatic rings. The van der Waals surface area contributed by atoms with Crippen LogP contribution in [0.1, 0.15) is 59.7 Å². The predicted molar refractivity (Wildman–Crippen MR) is 112 cm³/mol. The van der Waals surface area contributed by atoms with Crippen molar-refractivity contribution in [2.24, 2.45) is 0 Å². The van der Waals surface area contributed by atoms with E-state index in [-0.39, 0.29) is 18.4 Å². The molecule has 3 rings (SSSR count). The highest BCUT2D eigenvalue weighted by atomic mass is 16.5. The van der Waals surface area contributed by atoms with E-state index >= 15 is 0 Å². The van der Waals surface area contributed by atoms with Gasteiger partial charge in [0.05, 0.1) is 18.1 Å². The molecule has 1 N–H and O–H groups in total. The van der Waals surface area contributed by atoms with Crippen molar-refractivity contribution in [1.82, 2.24) is 4.90 Å². The molecule has 0 spiro atoms. The summed E-state index contributed by atoms with van der Waals surface area (Å²) in [5, 5.41) is 18.1. The first-order valence-electron chi connectivity index (χ1n) is 10.3. The van der Waals surface area contributed by atoms with Gasteiger partial charge in [0.15, 0.2) is 0 Å². The number of carboxylic acids is 1. The molecule has 0 saturated heterocycles. The van der Waals surface area contributed by atoms with Crippen molar-refractivity contribution < 1.29 is 19.4 Å². The summed E-state index contributed by atoms with van der Waals surface area (Å²) in [4.78, 5) is 26.0. The molecule has 1 atom stereocenters. The first-order chi connectivity index (χ1) is 14.5. The zero-order valence-corrected chi connectivity index (χ0v) is 17.1. The number of aliphatic carboxylic acids is 1. The van der Waals surface area contributed by atoms with Crippen molar-refractivity contribution in [3.8, 4) is 11.8 Å². The molecule has 0 bridgehead atoms. The first kappa shape index (κ1) is 21.4. The van der Waals surface area contributed by atoms with Crippen molar-refractivity contribution in [3.63, 3.8) is 0 Å². The molecule has 30 heavy (non-hydrogen) atoms. The zero-order chi connectivity index (χ0) is 21.5. The number of nitriles is 1. The van der Waals surface area contributed by atoms with E-state index < -0.39 is 5.97 Å². The van der Waals surface area contributed by atoms with E-state index in [1.165, 1.54) is 0 Å². The van der Waals surface area contributed by atoms with Gasteiger partial charge in [-0.1, -0.05) is 31.9 Å². The standard InChI is InChI=1S/C24H26N2O4/c1-2-3-4-20(14-23(27)28)26-12-11-19-13-21(9-10-22(19)24(26)29)30-16-18-7-5-17(15-25)6-8-18/h5-10,13,20H,2-4,11-12,14,16H2,1H3,(H,27,28). The summed E-state index contributed by atoms with van der Waals surface area (Å²) in [5.74, 6) is -0.286. The topological polar surface area (TPSA) is 90.6 Å². The lowest BCUT2D eigenvalue weighted by Gasteiger charge is -2.35. The smallest absolute Gasteiger partial charge is 0.305 e. The van der Waals surface area contributed by atoms with Gasteiger partial charge < -0.3 is 14.7 Å². The molecule has 0 saturated carbocycles. The normalized spacial score (nSPS) is 14.0. The fraction of sp³-hybridized carbons (Fsp3) is 0.375. The Kier molecular flexibility index (Phi) is 7.08. The van der Waals surface area contributed by atoms with Crippen LogP contribution in [0, 0.1) is 11.3 Å². The van der Waals surface area contributed by atoms with Gasteiger partial charge in [0, 0.05) is 18.2 Å². The summed E-state index contributed by atoms with van der Waals surface area (Å²) >= 11 is 0. The second kappa shape index (κ2) is 9.93. The van der Waals surface area contributed by atoms with Gasteiger partial charge in [0.2, 0.25) is 0 Å². The zero-order valence-electron chi connectivity index (χ0n) is 17.1. The van der Waals surface area contributed by atoms with E-state index in [0.29, 0.717) is 42.9 Å². The number of carbonyl (C=O) groups is 2. The molecule has 0 fully saturated rings. The molecule has 0 radical (unpaired) electrons. The minimum absolute atomic E-state index is 0.0210. The summed E-state index contributed by atoms with van der Waals surface area (Å²) in [7, 11) is 0. The fourth-order valence-corrected chi connectivity index (χ4v) is 3.77. The molecular formula is C24H26N2O4. The molecule has 1 aliphatic rings. The maximum absolute atomic E-state index is 13.0. The van der Waals surface area contributed by atoms with Crippen molar-refractivity contribution in [3.05, 3.63) is 64.7 Å². The number of benzene rings is 2. The lowest BCUT2D eigenvalue weighted by atomic mass is 9.95. The monoisotopic (exact) mass is 406 g/mol. The molecule has 156 valence electrons. The molecule has 1 amide bonds. The minimum Gasteiger partial charge on any atom is -0.489 e. The van der Waals surface area contributed by atoms with Gasteiger partial charge in [-0.25, -0.2) is 0 Å². The highest BCUT2D eigenvalue weighted by molar-refractivity contribution is 5.97. The lowest BCUT2D eigenvalue weighted by Crippen LogP contribution is -2.45. The lowest BCUT2D eigenvalue weighted by molar-refractivity contribution is -0.138. The number of amides is 1. The number of rotatable bonds is 9. The van der Waals surface area contributed by atoms with Gasteiger partial charge in [-0.3, -0.25) is 9.59 Å². The van der Waals surface area contributed by atoms with Crippen LogP contribution in [0.25, 0.3) is 0 Å². The Morgan fingerprint density at radius 1 is 1.27 bits per heavy atom. The van der Waals surface area contributed by atoms with Gasteiger partial charge in [-0.15, -0.1) is 0 Å². The Labute approximate surface area is 176 Å². The molecule has 1 heterocycles. The van der Waals surface area contributed by atoms with Crippen LogP contribution in [0.5, 0.6) is 5.75 Å². The molecule has 6 heteroatoms. The predicted octanol–water partition coefficient (Wildman–Crippen LogP) is 4.17. The van der Waals surface area contributed by atoms with Crippen LogP contribution in [-0.2, 0) is 17.8 Å². The van der Waals surface area contributed by atoms with Gasteiger partial charge in [0.25, 0.3) is 5.91 Å². The number of carbonyl (C=O) groups excluding carboxylic acids is 1. The maximum Gasteiger partial charge on any atom is 0.305 e. The fourth-order valence-electron chi connectivity index (χ4n) is 3.77. The quantitative estimate of drug-likeness (QED) is 0.675. The maximum atomic E-state index is 13.0. The number of carboxylic acid groups (broad SMARTS) is 1. The summed E-state index contributed by atoms with van der Waals surface area (Å²) < 4.78 is 5.86. The van der Waals surface area contributed by atoms with E-state index in [1.54, 1.807) is 29.2 Å². The summed E-state index contributed by atoms with van der Waals surface area (Å²) in [6, 6.07) is 14.5. The third-order valence-corrected chi connectivity index (χ3v) is 5.42. The SMILES string of the molecule is CCCCC(CC(=O)O)N1CCc2cc(OCc3ccc(C#N)cc3)ccc2C1=O. The van der Waals surface area contributed by atoms with Gasteiger partial charge in [-0.2, -0.15) is 5.26 Å². The van der Waals surface area contributed by atoms with Gasteiger partial charge in [0.1, 0.15) is 12.4 Å². The second-order valence-corrected chi connectivity index (χ2v) is 7.56. The van der Waals surface area contributed by atoms with Crippen molar-refractivity contribution >= 4 is 11.9 Å². The van der Waals surface area contributed by atoms with E-state index in [9.17, 15) is 14.7 Å². The minimum atomic E-state index is -0.874. The molecule has 1 aliphatic heterocycles. The van der Waals surface area contributed by atoms with Crippen molar-refractivity contribution in [1.29, 1.82) is 5.26 Å². The van der Waals surface area contributed by atoms with Crippen LogP contribution in [0.15, 0.2) is 42.5 Å². The molecule has 1 unspecified atom stereocenters. The van der Waals surface area contributed by atoms with Gasteiger partial charge in [-0.05, 0) is 54.3 Å². The van der Waals surface area contributed by atoms with Crippen LogP contribution < -0.4 is 4.74 Å². The number of unbranched alkanes of at least 4 members (excludes halogenated alkanes) is 1. The van der Waals surface area contributed by atoms with E-state index in [4.69, 9.17) is 10.00 Å². The number of nitrogens with zero attached hydrogens (tertiary/aromatic N) is 2. The van der Waals surface area contributed by atoms with E-state index in [0.717, 1.165) is 24.0 Å². The number of hydrogen-bond acceptors (Lipinski definition) is 4. The third kappa shape index (κ3) is 5.18. The van der Waals surface area contributed by atoms with Crippen LogP contribution in [0.4, 0.5) is 0 Å². The highest BCUT2D eigenvalue weighted by Crippen LogP contribution is 2.27. The average Bonchev–Trinajstić information content (AvgIpc) is 2.75.